The van der Waals surface area contributed by atoms with Gasteiger partial charge in [-0.15, -0.1) is 0 Å². The molecular formula is C17H15BrClFO. The van der Waals surface area contributed by atoms with Crippen LogP contribution in [0.1, 0.15) is 36.0 Å². The van der Waals surface area contributed by atoms with E-state index in [9.17, 15) is 9.50 Å². The zero-order valence-electron chi connectivity index (χ0n) is 11.4. The first-order valence-corrected chi connectivity index (χ1v) is 8.16. The van der Waals surface area contributed by atoms with Crippen molar-refractivity contribution in [1.29, 1.82) is 0 Å². The minimum atomic E-state index is -1.32. The second kappa shape index (κ2) is 5.71. The van der Waals surface area contributed by atoms with Crippen LogP contribution in [0.4, 0.5) is 4.39 Å². The van der Waals surface area contributed by atoms with Crippen molar-refractivity contribution in [3.05, 3.63) is 68.4 Å². The number of aliphatic hydroxyl groups is 1. The minimum absolute atomic E-state index is 0.0163. The molecule has 3 rings (SSSR count). The standard InChI is InChI=1S/C17H15BrClFO/c18-14-9-8-13(16(20)15(14)19)17(21)10-4-3-6-11-5-1-2-7-12(11)17/h1-2,5,7-9,21H,3-4,6,10H2. The molecule has 0 aromatic heterocycles. The fourth-order valence-electron chi connectivity index (χ4n) is 3.10. The van der Waals surface area contributed by atoms with Crippen LogP contribution in [-0.2, 0) is 12.0 Å². The summed E-state index contributed by atoms with van der Waals surface area (Å²) in [5, 5.41) is 11.3. The normalized spacial score (nSPS) is 21.7. The van der Waals surface area contributed by atoms with Gasteiger partial charge in [-0.05, 0) is 58.8 Å². The van der Waals surface area contributed by atoms with Crippen LogP contribution >= 0.6 is 27.5 Å². The van der Waals surface area contributed by atoms with Crippen LogP contribution < -0.4 is 0 Å². The zero-order chi connectivity index (χ0) is 15.0. The topological polar surface area (TPSA) is 20.2 Å². The number of halogens is 3. The van der Waals surface area contributed by atoms with E-state index in [2.05, 4.69) is 15.9 Å². The molecule has 0 fully saturated rings. The van der Waals surface area contributed by atoms with E-state index in [1.54, 1.807) is 12.1 Å². The van der Waals surface area contributed by atoms with E-state index in [-0.39, 0.29) is 10.6 Å². The molecule has 21 heavy (non-hydrogen) atoms. The summed E-state index contributed by atoms with van der Waals surface area (Å²) in [6.45, 7) is 0. The molecule has 110 valence electrons. The molecule has 0 amide bonds. The Kier molecular flexibility index (Phi) is 4.08. The van der Waals surface area contributed by atoms with E-state index in [1.807, 2.05) is 24.3 Å². The lowest BCUT2D eigenvalue weighted by Gasteiger charge is -2.30. The van der Waals surface area contributed by atoms with Crippen LogP contribution in [0.15, 0.2) is 40.9 Å². The number of aryl methyl sites for hydroxylation is 1. The molecule has 4 heteroatoms. The summed E-state index contributed by atoms with van der Waals surface area (Å²) < 4.78 is 15.1. The lowest BCUT2D eigenvalue weighted by molar-refractivity contribution is 0.0666. The smallest absolute Gasteiger partial charge is 0.149 e. The van der Waals surface area contributed by atoms with Crippen molar-refractivity contribution >= 4 is 27.5 Å². The molecule has 2 aromatic carbocycles. The van der Waals surface area contributed by atoms with Crippen molar-refractivity contribution < 1.29 is 9.50 Å². The van der Waals surface area contributed by atoms with Gasteiger partial charge in [0.1, 0.15) is 11.4 Å². The van der Waals surface area contributed by atoms with Crippen LogP contribution in [0.25, 0.3) is 0 Å². The van der Waals surface area contributed by atoms with Crippen LogP contribution in [0.3, 0.4) is 0 Å². The highest BCUT2D eigenvalue weighted by Crippen LogP contribution is 2.42. The highest BCUT2D eigenvalue weighted by Gasteiger charge is 2.37. The molecule has 0 saturated heterocycles. The minimum Gasteiger partial charge on any atom is -0.380 e. The summed E-state index contributed by atoms with van der Waals surface area (Å²) in [6, 6.07) is 11.0. The molecule has 2 aromatic rings. The van der Waals surface area contributed by atoms with Crippen molar-refractivity contribution in [2.75, 3.05) is 0 Å². The fraction of sp³-hybridized carbons (Fsp3) is 0.294. The molecule has 0 saturated carbocycles. The fourth-order valence-corrected chi connectivity index (χ4v) is 3.57. The molecule has 0 bridgehead atoms. The van der Waals surface area contributed by atoms with Gasteiger partial charge in [-0.2, -0.15) is 0 Å². The third-order valence-corrected chi connectivity index (χ3v) is 5.44. The Morgan fingerprint density at radius 3 is 2.67 bits per heavy atom. The van der Waals surface area contributed by atoms with E-state index < -0.39 is 11.4 Å². The second-order valence-corrected chi connectivity index (χ2v) is 6.68. The average molecular weight is 370 g/mol. The monoisotopic (exact) mass is 368 g/mol. The highest BCUT2D eigenvalue weighted by atomic mass is 79.9. The molecule has 1 atom stereocenters. The predicted octanol–water partition coefficient (Wildman–Crippen LogP) is 5.20. The van der Waals surface area contributed by atoms with Crippen molar-refractivity contribution in [3.8, 4) is 0 Å². The number of hydrogen-bond acceptors (Lipinski definition) is 1. The lowest BCUT2D eigenvalue weighted by Crippen LogP contribution is -2.29. The Labute approximate surface area is 136 Å². The maximum Gasteiger partial charge on any atom is 0.149 e. The predicted molar refractivity (Wildman–Crippen MR) is 86.1 cm³/mol. The van der Waals surface area contributed by atoms with Gasteiger partial charge in [0.2, 0.25) is 0 Å². The Hall–Kier alpha value is -0.900. The first kappa shape index (κ1) is 15.0. The van der Waals surface area contributed by atoms with E-state index in [1.165, 1.54) is 0 Å². The summed E-state index contributed by atoms with van der Waals surface area (Å²) in [4.78, 5) is 0. The maximum atomic E-state index is 14.6. The van der Waals surface area contributed by atoms with Gasteiger partial charge in [0, 0.05) is 10.0 Å². The average Bonchev–Trinajstić information content (AvgIpc) is 2.65. The summed E-state index contributed by atoms with van der Waals surface area (Å²) in [5.41, 5.74) is 0.808. The molecule has 1 unspecified atom stereocenters. The molecule has 0 heterocycles. The highest BCUT2D eigenvalue weighted by molar-refractivity contribution is 9.10. The summed E-state index contributed by atoms with van der Waals surface area (Å²) in [5.74, 6) is -0.551. The second-order valence-electron chi connectivity index (χ2n) is 5.45. The van der Waals surface area contributed by atoms with Crippen LogP contribution in [-0.4, -0.2) is 5.11 Å². The van der Waals surface area contributed by atoms with E-state index in [0.717, 1.165) is 30.4 Å². The van der Waals surface area contributed by atoms with E-state index >= 15 is 0 Å². The number of rotatable bonds is 1. The zero-order valence-corrected chi connectivity index (χ0v) is 13.7. The Bertz CT molecular complexity index is 688. The molecule has 0 aliphatic heterocycles. The summed E-state index contributed by atoms with van der Waals surface area (Å²) in [6.07, 6.45) is 3.24. The molecule has 1 aliphatic carbocycles. The largest absolute Gasteiger partial charge is 0.380 e. The SMILES string of the molecule is OC1(c2ccc(Br)c(Cl)c2F)CCCCc2ccccc21. The van der Waals surface area contributed by atoms with E-state index in [0.29, 0.717) is 10.9 Å². The van der Waals surface area contributed by atoms with Gasteiger partial charge >= 0.3 is 0 Å². The van der Waals surface area contributed by atoms with Crippen LogP contribution in [0.2, 0.25) is 5.02 Å². The number of benzene rings is 2. The Balaban J connectivity index is 2.23. The quantitative estimate of drug-likeness (QED) is 0.541. The lowest BCUT2D eigenvalue weighted by atomic mass is 9.81. The van der Waals surface area contributed by atoms with Gasteiger partial charge in [0.15, 0.2) is 0 Å². The van der Waals surface area contributed by atoms with Crippen LogP contribution in [0.5, 0.6) is 0 Å². The van der Waals surface area contributed by atoms with Crippen molar-refractivity contribution in [2.24, 2.45) is 0 Å². The molecule has 1 N–H and O–H groups in total. The molecule has 1 nitrogen and oxygen atoms in total. The first-order valence-electron chi connectivity index (χ1n) is 6.99. The first-order chi connectivity index (χ1) is 10.0. The summed E-state index contributed by atoms with van der Waals surface area (Å²) in [7, 11) is 0. The third kappa shape index (κ3) is 2.52. The van der Waals surface area contributed by atoms with Gasteiger partial charge in [-0.3, -0.25) is 0 Å². The summed E-state index contributed by atoms with van der Waals surface area (Å²) >= 11 is 9.21. The molecule has 1 aliphatic rings. The van der Waals surface area contributed by atoms with Crippen molar-refractivity contribution in [3.63, 3.8) is 0 Å². The maximum absolute atomic E-state index is 14.6. The van der Waals surface area contributed by atoms with Crippen molar-refractivity contribution in [2.45, 2.75) is 31.3 Å². The van der Waals surface area contributed by atoms with Gasteiger partial charge in [0.25, 0.3) is 0 Å². The number of fused-ring (bicyclic) bond motifs is 1. The van der Waals surface area contributed by atoms with Crippen molar-refractivity contribution in [1.82, 2.24) is 0 Å². The van der Waals surface area contributed by atoms with Gasteiger partial charge < -0.3 is 5.11 Å². The molecular weight excluding hydrogens is 355 g/mol. The van der Waals surface area contributed by atoms with E-state index in [4.69, 9.17) is 11.6 Å². The Morgan fingerprint density at radius 2 is 1.86 bits per heavy atom. The van der Waals surface area contributed by atoms with Crippen LogP contribution in [0, 0.1) is 5.82 Å². The van der Waals surface area contributed by atoms with Gasteiger partial charge in [0.05, 0.1) is 5.02 Å². The number of hydrogen-bond donors (Lipinski definition) is 1. The molecule has 0 spiro atoms. The van der Waals surface area contributed by atoms with Gasteiger partial charge in [-0.25, -0.2) is 4.39 Å². The third-order valence-electron chi connectivity index (χ3n) is 4.18. The molecule has 0 radical (unpaired) electrons. The Morgan fingerprint density at radius 1 is 1.10 bits per heavy atom. The van der Waals surface area contributed by atoms with Gasteiger partial charge in [-0.1, -0.05) is 41.9 Å².